The van der Waals surface area contributed by atoms with E-state index in [0.717, 1.165) is 17.5 Å². The number of anilines is 1. The van der Waals surface area contributed by atoms with Crippen LogP contribution in [0.1, 0.15) is 6.92 Å². The zero-order valence-electron chi connectivity index (χ0n) is 8.68. The van der Waals surface area contributed by atoms with Gasteiger partial charge in [0.2, 0.25) is 6.41 Å². The van der Waals surface area contributed by atoms with Crippen molar-refractivity contribution < 1.29 is 4.79 Å². The lowest BCUT2D eigenvalue weighted by Gasteiger charge is -2.15. The molecule has 0 saturated carbocycles. The molecule has 2 heteroatoms. The second-order valence-electron chi connectivity index (χ2n) is 3.42. The third kappa shape index (κ3) is 1.84. The Bertz CT molecular complexity index is 479. The highest BCUT2D eigenvalue weighted by atomic mass is 16.1. The monoisotopic (exact) mass is 199 g/mol. The van der Waals surface area contributed by atoms with Gasteiger partial charge in [-0.2, -0.15) is 0 Å². The van der Waals surface area contributed by atoms with E-state index in [-0.39, 0.29) is 0 Å². The number of hydrogen-bond donors (Lipinski definition) is 0. The molecule has 2 nitrogen and oxygen atoms in total. The summed E-state index contributed by atoms with van der Waals surface area (Å²) in [5.41, 5.74) is 0.950. The Labute approximate surface area is 89.1 Å². The fourth-order valence-corrected chi connectivity index (χ4v) is 1.67. The van der Waals surface area contributed by atoms with Gasteiger partial charge in [-0.3, -0.25) is 4.79 Å². The van der Waals surface area contributed by atoms with Crippen LogP contribution in [0, 0.1) is 0 Å². The van der Waals surface area contributed by atoms with Crippen LogP contribution in [-0.2, 0) is 4.79 Å². The Hall–Kier alpha value is -1.83. The summed E-state index contributed by atoms with van der Waals surface area (Å²) in [6, 6.07) is 14.2. The van der Waals surface area contributed by atoms with E-state index in [1.807, 2.05) is 37.3 Å². The minimum absolute atomic E-state index is 0.696. The van der Waals surface area contributed by atoms with E-state index < -0.39 is 0 Å². The van der Waals surface area contributed by atoms with Gasteiger partial charge in [-0.25, -0.2) is 0 Å². The third-order valence-corrected chi connectivity index (χ3v) is 2.53. The highest BCUT2D eigenvalue weighted by Crippen LogP contribution is 2.20. The molecule has 0 N–H and O–H groups in total. The second-order valence-corrected chi connectivity index (χ2v) is 3.42. The smallest absolute Gasteiger partial charge is 0.214 e. The van der Waals surface area contributed by atoms with E-state index in [1.165, 1.54) is 5.39 Å². The molecule has 0 atom stereocenters. The Morgan fingerprint density at radius 3 is 2.53 bits per heavy atom. The lowest BCUT2D eigenvalue weighted by molar-refractivity contribution is -0.107. The van der Waals surface area contributed by atoms with Crippen LogP contribution in [0.15, 0.2) is 42.5 Å². The zero-order valence-corrected chi connectivity index (χ0v) is 8.68. The summed E-state index contributed by atoms with van der Waals surface area (Å²) in [7, 11) is 0. The standard InChI is InChI=1S/C13H13NO/c1-2-14(10-15)13-8-7-11-5-3-4-6-12(11)9-13/h3-10H,2H2,1H3. The minimum atomic E-state index is 0.696. The molecule has 0 aliphatic carbocycles. The topological polar surface area (TPSA) is 20.3 Å². The van der Waals surface area contributed by atoms with E-state index in [0.29, 0.717) is 6.54 Å². The minimum Gasteiger partial charge on any atom is -0.315 e. The zero-order chi connectivity index (χ0) is 10.7. The second kappa shape index (κ2) is 4.13. The van der Waals surface area contributed by atoms with Gasteiger partial charge in [0, 0.05) is 12.2 Å². The highest BCUT2D eigenvalue weighted by molar-refractivity contribution is 5.88. The van der Waals surface area contributed by atoms with Gasteiger partial charge in [-0.1, -0.05) is 30.3 Å². The number of nitrogens with zero attached hydrogens (tertiary/aromatic N) is 1. The molecule has 2 aromatic carbocycles. The van der Waals surface area contributed by atoms with Gasteiger partial charge in [0.05, 0.1) is 0 Å². The molecule has 15 heavy (non-hydrogen) atoms. The number of carbonyl (C=O) groups excluding carboxylic acids is 1. The van der Waals surface area contributed by atoms with Crippen LogP contribution < -0.4 is 4.90 Å². The first-order valence-corrected chi connectivity index (χ1v) is 5.06. The Morgan fingerprint density at radius 1 is 1.13 bits per heavy atom. The molecule has 0 radical (unpaired) electrons. The molecule has 0 saturated heterocycles. The van der Waals surface area contributed by atoms with Crippen molar-refractivity contribution in [2.75, 3.05) is 11.4 Å². The number of hydrogen-bond acceptors (Lipinski definition) is 1. The molecule has 0 bridgehead atoms. The van der Waals surface area contributed by atoms with Crippen LogP contribution in [0.3, 0.4) is 0 Å². The van der Waals surface area contributed by atoms with Crippen molar-refractivity contribution in [1.29, 1.82) is 0 Å². The van der Waals surface area contributed by atoms with Crippen molar-refractivity contribution in [2.24, 2.45) is 0 Å². The van der Waals surface area contributed by atoms with Crippen molar-refractivity contribution in [3.8, 4) is 0 Å². The Kier molecular flexibility index (Phi) is 2.68. The fraction of sp³-hybridized carbons (Fsp3) is 0.154. The maximum atomic E-state index is 10.8. The number of fused-ring (bicyclic) bond motifs is 1. The van der Waals surface area contributed by atoms with Crippen LogP contribution in [0.2, 0.25) is 0 Å². The molecule has 0 aromatic heterocycles. The molecule has 2 aromatic rings. The molecule has 0 aliphatic heterocycles. The van der Waals surface area contributed by atoms with E-state index in [9.17, 15) is 4.79 Å². The van der Waals surface area contributed by atoms with E-state index in [2.05, 4.69) is 12.1 Å². The summed E-state index contributed by atoms with van der Waals surface area (Å²) in [6.45, 7) is 2.66. The van der Waals surface area contributed by atoms with Gasteiger partial charge < -0.3 is 4.90 Å². The average Bonchev–Trinajstić information content (AvgIpc) is 2.30. The first-order valence-electron chi connectivity index (χ1n) is 5.06. The van der Waals surface area contributed by atoms with E-state index in [1.54, 1.807) is 4.90 Å². The maximum Gasteiger partial charge on any atom is 0.214 e. The summed E-state index contributed by atoms with van der Waals surface area (Å²) in [5, 5.41) is 2.36. The molecule has 0 aliphatic rings. The van der Waals surface area contributed by atoms with Crippen LogP contribution in [0.25, 0.3) is 10.8 Å². The van der Waals surface area contributed by atoms with Crippen molar-refractivity contribution >= 4 is 22.9 Å². The van der Waals surface area contributed by atoms with Gasteiger partial charge in [-0.15, -0.1) is 0 Å². The Morgan fingerprint density at radius 2 is 1.87 bits per heavy atom. The highest BCUT2D eigenvalue weighted by Gasteiger charge is 2.02. The SMILES string of the molecule is CCN(C=O)c1ccc2ccccc2c1. The molecule has 76 valence electrons. The summed E-state index contributed by atoms with van der Waals surface area (Å²) < 4.78 is 0. The van der Waals surface area contributed by atoms with Crippen molar-refractivity contribution in [3.05, 3.63) is 42.5 Å². The van der Waals surface area contributed by atoms with Crippen LogP contribution in [0.5, 0.6) is 0 Å². The van der Waals surface area contributed by atoms with Crippen LogP contribution >= 0.6 is 0 Å². The molecular formula is C13H13NO. The quantitative estimate of drug-likeness (QED) is 0.696. The maximum absolute atomic E-state index is 10.8. The number of rotatable bonds is 3. The van der Waals surface area contributed by atoms with Crippen LogP contribution in [-0.4, -0.2) is 13.0 Å². The molecule has 0 fully saturated rings. The van der Waals surface area contributed by atoms with Gasteiger partial charge in [0.15, 0.2) is 0 Å². The van der Waals surface area contributed by atoms with E-state index in [4.69, 9.17) is 0 Å². The first kappa shape index (κ1) is 9.71. The van der Waals surface area contributed by atoms with Crippen molar-refractivity contribution in [2.45, 2.75) is 6.92 Å². The normalized spacial score (nSPS) is 10.2. The number of carbonyl (C=O) groups is 1. The molecule has 0 unspecified atom stereocenters. The largest absolute Gasteiger partial charge is 0.315 e. The van der Waals surface area contributed by atoms with Crippen molar-refractivity contribution in [3.63, 3.8) is 0 Å². The van der Waals surface area contributed by atoms with Gasteiger partial charge in [-0.05, 0) is 29.8 Å². The van der Waals surface area contributed by atoms with E-state index >= 15 is 0 Å². The molecular weight excluding hydrogens is 186 g/mol. The summed E-state index contributed by atoms with van der Waals surface area (Å²) in [4.78, 5) is 12.5. The Balaban J connectivity index is 2.50. The summed E-state index contributed by atoms with van der Waals surface area (Å²) in [6.07, 6.45) is 0.865. The molecule has 2 rings (SSSR count). The average molecular weight is 199 g/mol. The van der Waals surface area contributed by atoms with Crippen LogP contribution in [0.4, 0.5) is 5.69 Å². The summed E-state index contributed by atoms with van der Waals surface area (Å²) in [5.74, 6) is 0. The van der Waals surface area contributed by atoms with Crippen molar-refractivity contribution in [1.82, 2.24) is 0 Å². The fourth-order valence-electron chi connectivity index (χ4n) is 1.67. The molecule has 0 heterocycles. The van der Waals surface area contributed by atoms with Gasteiger partial charge >= 0.3 is 0 Å². The predicted octanol–water partition coefficient (Wildman–Crippen LogP) is 2.82. The summed E-state index contributed by atoms with van der Waals surface area (Å²) >= 11 is 0. The third-order valence-electron chi connectivity index (χ3n) is 2.53. The number of amides is 1. The molecule has 1 amide bonds. The van der Waals surface area contributed by atoms with Gasteiger partial charge in [0.1, 0.15) is 0 Å². The lowest BCUT2D eigenvalue weighted by atomic mass is 10.1. The predicted molar refractivity (Wildman–Crippen MR) is 63.0 cm³/mol. The number of benzene rings is 2. The van der Waals surface area contributed by atoms with Gasteiger partial charge in [0.25, 0.3) is 0 Å². The lowest BCUT2D eigenvalue weighted by Crippen LogP contribution is -2.19. The first-order chi connectivity index (χ1) is 7.35. The molecule has 0 spiro atoms.